The van der Waals surface area contributed by atoms with E-state index in [0.717, 1.165) is 22.5 Å². The van der Waals surface area contributed by atoms with Crippen molar-refractivity contribution in [2.24, 2.45) is 0 Å². The minimum absolute atomic E-state index is 0.0998. The molecule has 0 saturated heterocycles. The number of aliphatic hydroxyl groups excluding tert-OH is 1. The zero-order valence-corrected chi connectivity index (χ0v) is 5.42. The van der Waals surface area contributed by atoms with Crippen LogP contribution in [-0.2, 0) is 4.79 Å². The number of aliphatic hydroxyl groups is 1. The fourth-order valence-electron chi connectivity index (χ4n) is 0. The van der Waals surface area contributed by atoms with E-state index in [4.69, 9.17) is 5.11 Å². The maximum absolute atomic E-state index is 9.60. The van der Waals surface area contributed by atoms with Gasteiger partial charge in [0.2, 0.25) is 0 Å². The third kappa shape index (κ3) is 4.43. The fraction of sp³-hybridized carbons (Fsp3) is 0.500. The van der Waals surface area contributed by atoms with E-state index < -0.39 is 0 Å². The first-order valence-electron chi connectivity index (χ1n) is 1.12. The topological polar surface area (TPSA) is 37.3 Å². The van der Waals surface area contributed by atoms with E-state index in [0.29, 0.717) is 0 Å². The van der Waals surface area contributed by atoms with Gasteiger partial charge in [-0.3, -0.25) is 0 Å². The quantitative estimate of drug-likeness (QED) is 0.505. The molecule has 0 amide bonds. The third-order valence-corrected chi connectivity index (χ3v) is 0.595. The molecule has 0 saturated carbocycles. The Morgan fingerprint density at radius 2 is 2.20 bits per heavy atom. The van der Waals surface area contributed by atoms with Crippen molar-refractivity contribution < 1.29 is 9.90 Å². The Morgan fingerprint density at radius 3 is 2.20 bits per heavy atom. The summed E-state index contributed by atoms with van der Waals surface area (Å²) in [5.74, 6) is 0. The van der Waals surface area contributed by atoms with Gasteiger partial charge in [0.25, 0.3) is 0 Å². The van der Waals surface area contributed by atoms with E-state index in [9.17, 15) is 4.79 Å². The van der Waals surface area contributed by atoms with Crippen LogP contribution >= 0.6 is 0 Å². The van der Waals surface area contributed by atoms with Gasteiger partial charge in [-0.2, -0.15) is 0 Å². The molecular weight excluding hydrogens is 175 g/mol. The predicted octanol–water partition coefficient (Wildman–Crippen LogP) is -1.33. The second kappa shape index (κ2) is 2.65. The number of carbonyl (C=O) groups excluding carboxylic acids is 1. The van der Waals surface area contributed by atoms with E-state index in [-0.39, 0.29) is 10.4 Å². The van der Waals surface area contributed by atoms with Crippen LogP contribution in [0.4, 0.5) is 0 Å². The van der Waals surface area contributed by atoms with Gasteiger partial charge in [0.15, 0.2) is 0 Å². The summed E-state index contributed by atoms with van der Waals surface area (Å²) < 4.78 is -0.0998. The molecule has 0 aliphatic heterocycles. The Bertz CT molecular complexity index is 42.9. The summed E-state index contributed by atoms with van der Waals surface area (Å²) >= 11 is 0.781. The van der Waals surface area contributed by atoms with Crippen LogP contribution in [0.25, 0.3) is 0 Å². The Morgan fingerprint density at radius 1 is 2.00 bits per heavy atom. The van der Waals surface area contributed by atoms with E-state index in [1.54, 1.807) is 0 Å². The molecule has 0 bridgehead atoms. The number of carbonyl (C=O) groups is 1. The van der Waals surface area contributed by atoms with E-state index in [1.165, 1.54) is 0 Å². The number of rotatable bonds is 1. The minimum atomic E-state index is -0.293. The molecule has 0 aliphatic carbocycles. The molecule has 0 aromatic heterocycles. The van der Waals surface area contributed by atoms with Gasteiger partial charge >= 0.3 is 42.8 Å². The van der Waals surface area contributed by atoms with Crippen molar-refractivity contribution in [1.82, 2.24) is 0 Å². The van der Waals surface area contributed by atoms with Crippen LogP contribution < -0.4 is 0 Å². The van der Waals surface area contributed by atoms with Crippen LogP contribution in [0.5, 0.6) is 0 Å². The molecule has 3 radical (unpaired) electrons. The van der Waals surface area contributed by atoms with Crippen LogP contribution in [-0.4, -0.2) is 38.0 Å². The number of hydrogen-bond acceptors (Lipinski definition) is 2. The second-order valence-electron chi connectivity index (χ2n) is 0.581. The van der Waals surface area contributed by atoms with Crippen LogP contribution in [0.3, 0.4) is 0 Å². The molecule has 0 aromatic carbocycles. The molecule has 27 valence electrons. The zero-order chi connectivity index (χ0) is 4.28. The van der Waals surface area contributed by atoms with Gasteiger partial charge in [-0.05, 0) is 0 Å². The third-order valence-electron chi connectivity index (χ3n) is 0.144. The van der Waals surface area contributed by atoms with Crippen molar-refractivity contribution in [2.45, 2.75) is 0 Å². The average Bonchev–Trinajstić information content (AvgIpc) is 1.38. The van der Waals surface area contributed by atoms with Crippen LogP contribution in [0.2, 0.25) is 0 Å². The predicted molar refractivity (Wildman–Crippen MR) is 17.8 cm³/mol. The number of hydrogen-bond donors (Lipinski definition) is 1. The molecule has 0 spiro atoms. The molecule has 2 nitrogen and oxygen atoms in total. The van der Waals surface area contributed by atoms with Gasteiger partial charge in [0.05, 0.1) is 0 Å². The Balaban J connectivity index is 2.85. The molecule has 0 aliphatic rings. The molecule has 0 unspecified atom stereocenters. The molecular formula is C2H3O2Sn. The summed E-state index contributed by atoms with van der Waals surface area (Å²) in [5.41, 5.74) is 0. The van der Waals surface area contributed by atoms with Crippen molar-refractivity contribution in [1.29, 1.82) is 0 Å². The van der Waals surface area contributed by atoms with Crippen LogP contribution in [0, 0.1) is 0 Å². The van der Waals surface area contributed by atoms with Crippen molar-refractivity contribution in [3.05, 3.63) is 0 Å². The van der Waals surface area contributed by atoms with E-state index in [1.807, 2.05) is 0 Å². The first kappa shape index (κ1) is 5.43. The van der Waals surface area contributed by atoms with Gasteiger partial charge in [-0.15, -0.1) is 0 Å². The van der Waals surface area contributed by atoms with Gasteiger partial charge in [-0.1, -0.05) is 0 Å². The molecule has 5 heavy (non-hydrogen) atoms. The molecule has 0 aromatic rings. The van der Waals surface area contributed by atoms with Crippen LogP contribution in [0.1, 0.15) is 0 Å². The molecule has 0 atom stereocenters. The van der Waals surface area contributed by atoms with E-state index in [2.05, 4.69) is 0 Å². The SMILES string of the molecule is O=[C]([Sn])CO. The first-order chi connectivity index (χ1) is 2.27. The Hall–Kier alpha value is 0.429. The van der Waals surface area contributed by atoms with Gasteiger partial charge < -0.3 is 0 Å². The maximum atomic E-state index is 9.60. The average molecular weight is 178 g/mol. The Kier molecular flexibility index (Phi) is 2.88. The zero-order valence-electron chi connectivity index (χ0n) is 2.56. The second-order valence-corrected chi connectivity index (χ2v) is 2.17. The summed E-state index contributed by atoms with van der Waals surface area (Å²) in [6.45, 7) is -0.293. The van der Waals surface area contributed by atoms with Gasteiger partial charge in [-0.25, -0.2) is 0 Å². The van der Waals surface area contributed by atoms with Crippen molar-refractivity contribution in [3.63, 3.8) is 0 Å². The summed E-state index contributed by atoms with van der Waals surface area (Å²) in [6, 6.07) is 0. The monoisotopic (exact) mass is 179 g/mol. The normalized spacial score (nSPS) is 7.60. The van der Waals surface area contributed by atoms with Gasteiger partial charge in [0.1, 0.15) is 0 Å². The van der Waals surface area contributed by atoms with E-state index >= 15 is 0 Å². The summed E-state index contributed by atoms with van der Waals surface area (Å²) in [5, 5.41) is 7.82. The molecule has 0 heterocycles. The molecule has 3 heteroatoms. The van der Waals surface area contributed by atoms with Crippen LogP contribution in [0.15, 0.2) is 0 Å². The summed E-state index contributed by atoms with van der Waals surface area (Å²) in [7, 11) is 0. The summed E-state index contributed by atoms with van der Waals surface area (Å²) in [6.07, 6.45) is 0. The first-order valence-corrected chi connectivity index (χ1v) is 2.55. The van der Waals surface area contributed by atoms with Gasteiger partial charge in [0, 0.05) is 0 Å². The van der Waals surface area contributed by atoms with Crippen molar-refractivity contribution in [3.8, 4) is 0 Å². The van der Waals surface area contributed by atoms with Crippen molar-refractivity contribution >= 4 is 26.3 Å². The van der Waals surface area contributed by atoms with Crippen molar-refractivity contribution in [2.75, 3.05) is 6.61 Å². The Labute approximate surface area is 43.3 Å². The molecule has 1 N–H and O–H groups in total. The fourth-order valence-corrected chi connectivity index (χ4v) is 0. The standard InChI is InChI=1S/C2H3O2.Sn/c3-1-2-4;/h3H,1H2;. The molecule has 0 fully saturated rings. The molecule has 0 rings (SSSR count). The summed E-state index contributed by atoms with van der Waals surface area (Å²) in [4.78, 5) is 9.60.